The van der Waals surface area contributed by atoms with Gasteiger partial charge < -0.3 is 10.6 Å². The fourth-order valence-corrected chi connectivity index (χ4v) is 8.40. The maximum Gasteiger partial charge on any atom is 0.296 e. The summed E-state index contributed by atoms with van der Waals surface area (Å²) in [5, 5.41) is 35.6. The third-order valence-corrected chi connectivity index (χ3v) is 12.6. The maximum atomic E-state index is 11.9. The Morgan fingerprint density at radius 3 is 1.87 bits per heavy atom. The van der Waals surface area contributed by atoms with Gasteiger partial charge in [0.1, 0.15) is 22.3 Å². The summed E-state index contributed by atoms with van der Waals surface area (Å²) < 4.78 is 98.8. The molecule has 61 heavy (non-hydrogen) atoms. The summed E-state index contributed by atoms with van der Waals surface area (Å²) in [6, 6.07) is 29.0. The summed E-state index contributed by atoms with van der Waals surface area (Å²) in [7, 11) is -13.7. The Bertz CT molecular complexity index is 3320. The highest BCUT2D eigenvalue weighted by atomic mass is 35.5. The van der Waals surface area contributed by atoms with E-state index in [2.05, 4.69) is 47.1 Å². The number of nitrogens with zero attached hydrogens (tertiary/aromatic N) is 7. The van der Waals surface area contributed by atoms with E-state index in [9.17, 15) is 44.2 Å². The van der Waals surface area contributed by atoms with Crippen molar-refractivity contribution in [3.8, 4) is 17.3 Å². The van der Waals surface area contributed by atoms with Crippen LogP contribution in [0.2, 0.25) is 5.02 Å². The van der Waals surface area contributed by atoms with Gasteiger partial charge in [0.15, 0.2) is 16.6 Å². The van der Waals surface area contributed by atoms with Gasteiger partial charge in [-0.25, -0.2) is 9.97 Å². The predicted octanol–water partition coefficient (Wildman–Crippen LogP) is 10.2. The topological polar surface area (TPSA) is 286 Å². The SMILES string of the molecule is Cc1c(C#N)c(Nc2ccc(S(=O)(=O)O)cc2)nc(Nc2ccc(S(=O)(=O)O)cc2)c1N=Nc1nc(-c2ccc3ccccc3c2)c(N=Nc2ccc(Cl)c(S(=O)(=O)O)c2)s1. The first-order valence-corrected chi connectivity index (χ1v) is 22.6. The Hall–Kier alpha value is -6.55. The number of nitrogens with one attached hydrogen (secondary N) is 2. The van der Waals surface area contributed by atoms with E-state index >= 15 is 0 Å². The molecule has 7 aromatic rings. The average molecular weight is 916 g/mol. The second-order valence-corrected chi connectivity index (χ2v) is 18.3. The molecule has 5 N–H and O–H groups in total. The van der Waals surface area contributed by atoms with E-state index in [-0.39, 0.29) is 59.1 Å². The van der Waals surface area contributed by atoms with Crippen LogP contribution in [0.1, 0.15) is 11.1 Å². The lowest BCUT2D eigenvalue weighted by Gasteiger charge is -2.16. The maximum absolute atomic E-state index is 11.9. The Kier molecular flexibility index (Phi) is 11.8. The lowest BCUT2D eigenvalue weighted by atomic mass is 10.1. The van der Waals surface area contributed by atoms with Crippen LogP contribution in [0.5, 0.6) is 0 Å². The Labute approximate surface area is 356 Å². The van der Waals surface area contributed by atoms with Crippen molar-refractivity contribution in [2.75, 3.05) is 10.6 Å². The fraction of sp³-hybridized carbons (Fsp3) is 0.0263. The van der Waals surface area contributed by atoms with Gasteiger partial charge in [-0.2, -0.15) is 30.5 Å². The fourth-order valence-electron chi connectivity index (χ4n) is 5.71. The first kappa shape index (κ1) is 42.6. The van der Waals surface area contributed by atoms with E-state index in [1.165, 1.54) is 36.4 Å². The molecule has 0 saturated heterocycles. The molecule has 7 rings (SSSR count). The van der Waals surface area contributed by atoms with E-state index < -0.39 is 35.2 Å². The van der Waals surface area contributed by atoms with Gasteiger partial charge in [-0.1, -0.05) is 59.3 Å². The lowest BCUT2D eigenvalue weighted by Crippen LogP contribution is -2.05. The van der Waals surface area contributed by atoms with Gasteiger partial charge in [-0.05, 0) is 90.5 Å². The summed E-state index contributed by atoms with van der Waals surface area (Å²) in [6.07, 6.45) is 0. The minimum atomic E-state index is -4.67. The summed E-state index contributed by atoms with van der Waals surface area (Å²) in [4.78, 5) is 7.99. The van der Waals surface area contributed by atoms with Crippen LogP contribution < -0.4 is 10.6 Å². The highest BCUT2D eigenvalue weighted by Gasteiger charge is 2.21. The monoisotopic (exact) mass is 915 g/mol. The molecule has 5 aromatic carbocycles. The van der Waals surface area contributed by atoms with E-state index in [0.717, 1.165) is 52.4 Å². The van der Waals surface area contributed by atoms with Crippen LogP contribution in [0.4, 0.5) is 44.5 Å². The molecule has 0 amide bonds. The molecule has 0 atom stereocenters. The Morgan fingerprint density at radius 1 is 0.672 bits per heavy atom. The zero-order valence-corrected chi connectivity index (χ0v) is 34.8. The van der Waals surface area contributed by atoms with Crippen molar-refractivity contribution in [1.29, 1.82) is 5.26 Å². The molecule has 308 valence electrons. The number of aromatic nitrogens is 2. The summed E-state index contributed by atoms with van der Waals surface area (Å²) in [6.45, 7) is 1.57. The lowest BCUT2D eigenvalue weighted by molar-refractivity contribution is 0.481. The number of rotatable bonds is 12. The first-order valence-electron chi connectivity index (χ1n) is 17.1. The highest BCUT2D eigenvalue weighted by Crippen LogP contribution is 2.43. The standard InChI is InChI=1S/C38H26ClN9O9S4/c1-21-30(20-40)35(41-25-8-13-28(14-9-25)59(49,50)51)44-36(42-26-10-15-29(16-11-26)60(52,53)54)33(21)46-48-38-43-34(24-7-6-22-4-2-3-5-23(22)18-24)37(58-38)47-45-27-12-17-31(39)32(19-27)61(55,56)57/h2-19H,1H3,(H2,41,42,44)(H,49,50,51)(H,52,53,54)(H,55,56,57). The number of thiazole rings is 1. The first-order chi connectivity index (χ1) is 28.9. The van der Waals surface area contributed by atoms with E-state index in [0.29, 0.717) is 22.6 Å². The number of anilines is 4. The number of pyridine rings is 1. The average Bonchev–Trinajstić information content (AvgIpc) is 3.62. The molecule has 0 aliphatic heterocycles. The molecule has 0 unspecified atom stereocenters. The van der Waals surface area contributed by atoms with Gasteiger partial charge in [0.05, 0.1) is 26.1 Å². The molecule has 18 nitrogen and oxygen atoms in total. The Balaban J connectivity index is 1.33. The smallest absolute Gasteiger partial charge is 0.296 e. The number of nitriles is 1. The summed E-state index contributed by atoms with van der Waals surface area (Å²) >= 11 is 6.95. The van der Waals surface area contributed by atoms with Gasteiger partial charge in [-0.15, -0.1) is 20.5 Å². The van der Waals surface area contributed by atoms with Gasteiger partial charge in [0, 0.05) is 22.5 Å². The van der Waals surface area contributed by atoms with Crippen LogP contribution in [0.15, 0.2) is 144 Å². The summed E-state index contributed by atoms with van der Waals surface area (Å²) in [5.41, 5.74) is 1.92. The quantitative estimate of drug-likeness (QED) is 0.0563. The molecule has 0 aliphatic rings. The molecular formula is C38H26ClN9O9S4. The molecule has 2 aromatic heterocycles. The second-order valence-electron chi connectivity index (χ2n) is 12.7. The Morgan fingerprint density at radius 2 is 1.28 bits per heavy atom. The molecule has 0 saturated carbocycles. The third kappa shape index (κ3) is 9.75. The van der Waals surface area contributed by atoms with Crippen molar-refractivity contribution in [3.05, 3.63) is 125 Å². The van der Waals surface area contributed by atoms with E-state index in [1.807, 2.05) is 42.5 Å². The van der Waals surface area contributed by atoms with Gasteiger partial charge >= 0.3 is 0 Å². The molecule has 23 heteroatoms. The van der Waals surface area contributed by atoms with E-state index in [4.69, 9.17) is 11.6 Å². The minimum Gasteiger partial charge on any atom is -0.339 e. The molecule has 0 fully saturated rings. The molecule has 0 aliphatic carbocycles. The molecule has 0 radical (unpaired) electrons. The van der Waals surface area contributed by atoms with Crippen LogP contribution in [-0.4, -0.2) is 48.9 Å². The largest absolute Gasteiger partial charge is 0.339 e. The van der Waals surface area contributed by atoms with Crippen LogP contribution in [0.3, 0.4) is 0 Å². The van der Waals surface area contributed by atoms with Crippen molar-refractivity contribution < 1.29 is 38.9 Å². The van der Waals surface area contributed by atoms with Crippen LogP contribution in [0.25, 0.3) is 22.0 Å². The van der Waals surface area contributed by atoms with Crippen molar-refractivity contribution in [3.63, 3.8) is 0 Å². The van der Waals surface area contributed by atoms with Crippen LogP contribution in [-0.2, 0) is 30.4 Å². The van der Waals surface area contributed by atoms with Crippen molar-refractivity contribution >= 4 is 109 Å². The number of azo groups is 2. The van der Waals surface area contributed by atoms with Gasteiger partial charge in [0.2, 0.25) is 5.13 Å². The number of benzene rings is 5. The zero-order chi connectivity index (χ0) is 43.7. The summed E-state index contributed by atoms with van der Waals surface area (Å²) in [5.74, 6) is 0.0195. The number of hydrogen-bond donors (Lipinski definition) is 5. The van der Waals surface area contributed by atoms with Crippen molar-refractivity contribution in [1.82, 2.24) is 9.97 Å². The van der Waals surface area contributed by atoms with Crippen LogP contribution in [0, 0.1) is 18.3 Å². The van der Waals surface area contributed by atoms with Gasteiger partial charge in [-0.3, -0.25) is 13.7 Å². The minimum absolute atomic E-state index is 0.00510. The van der Waals surface area contributed by atoms with Gasteiger partial charge in [0.25, 0.3) is 30.4 Å². The second kappa shape index (κ2) is 16.8. The van der Waals surface area contributed by atoms with Crippen molar-refractivity contribution in [2.24, 2.45) is 20.5 Å². The number of halogens is 1. The van der Waals surface area contributed by atoms with Crippen molar-refractivity contribution in [2.45, 2.75) is 21.6 Å². The van der Waals surface area contributed by atoms with Crippen LogP contribution >= 0.6 is 22.9 Å². The number of hydrogen-bond acceptors (Lipinski definition) is 16. The normalized spacial score (nSPS) is 12.3. The number of fused-ring (bicyclic) bond motifs is 1. The molecule has 2 heterocycles. The molecule has 0 spiro atoms. The zero-order valence-electron chi connectivity index (χ0n) is 30.8. The van der Waals surface area contributed by atoms with E-state index in [1.54, 1.807) is 6.92 Å². The third-order valence-electron chi connectivity index (χ3n) is 8.66. The predicted molar refractivity (Wildman–Crippen MR) is 227 cm³/mol. The highest BCUT2D eigenvalue weighted by molar-refractivity contribution is 7.86. The molecule has 0 bridgehead atoms. The molecular weight excluding hydrogens is 890 g/mol.